The molecule has 1 heterocycles. The molecule has 0 saturated heterocycles. The monoisotopic (exact) mass is 291 g/mol. The Morgan fingerprint density at radius 1 is 1.43 bits per heavy atom. The predicted octanol–water partition coefficient (Wildman–Crippen LogP) is 2.70. The van der Waals surface area contributed by atoms with Gasteiger partial charge < -0.3 is 15.3 Å². The van der Waals surface area contributed by atoms with Gasteiger partial charge in [-0.05, 0) is 51.9 Å². The number of aryl methyl sites for hydroxylation is 1. The van der Waals surface area contributed by atoms with Gasteiger partial charge in [0.25, 0.3) is 0 Å². The van der Waals surface area contributed by atoms with Crippen molar-refractivity contribution in [3.8, 4) is 5.75 Å². The smallest absolute Gasteiger partial charge is 0.138 e. The highest BCUT2D eigenvalue weighted by molar-refractivity contribution is 5.27. The lowest BCUT2D eigenvalue weighted by Crippen LogP contribution is -2.54. The van der Waals surface area contributed by atoms with Crippen LogP contribution >= 0.6 is 0 Å². The number of hydrogen-bond donors (Lipinski definition) is 2. The number of aromatic hydroxyl groups is 1. The van der Waals surface area contributed by atoms with Gasteiger partial charge in [-0.2, -0.15) is 0 Å². The molecule has 1 aliphatic carbocycles. The van der Waals surface area contributed by atoms with Gasteiger partial charge in [-0.25, -0.2) is 0 Å². The number of nitrogens with zero attached hydrogens (tertiary/aromatic N) is 2. The van der Waals surface area contributed by atoms with Crippen LogP contribution in [0, 0.1) is 12.8 Å². The number of hydrogen-bond acceptors (Lipinski definition) is 4. The van der Waals surface area contributed by atoms with E-state index in [9.17, 15) is 5.11 Å². The Bertz CT molecular complexity index is 475. The zero-order valence-electron chi connectivity index (χ0n) is 13.8. The summed E-state index contributed by atoms with van der Waals surface area (Å²) < 4.78 is 0. The molecule has 0 radical (unpaired) electrons. The molecule has 1 aliphatic rings. The fraction of sp³-hybridized carbons (Fsp3) is 0.706. The molecule has 0 amide bonds. The summed E-state index contributed by atoms with van der Waals surface area (Å²) in [6.07, 6.45) is 5.12. The SMILES string of the molecule is Cc1ccc(O)c(CNCC2(N(C)C)CCCC(C)C2)n1. The van der Waals surface area contributed by atoms with E-state index in [0.717, 1.165) is 23.9 Å². The normalized spacial score (nSPS) is 26.2. The van der Waals surface area contributed by atoms with Crippen LogP contribution in [0.1, 0.15) is 44.0 Å². The molecule has 4 nitrogen and oxygen atoms in total. The average molecular weight is 291 g/mol. The quantitative estimate of drug-likeness (QED) is 0.876. The number of pyridine rings is 1. The largest absolute Gasteiger partial charge is 0.506 e. The molecule has 1 aromatic rings. The fourth-order valence-electron chi connectivity index (χ4n) is 3.50. The van der Waals surface area contributed by atoms with Gasteiger partial charge in [0.15, 0.2) is 0 Å². The second-order valence-corrected chi connectivity index (χ2v) is 6.84. The molecule has 0 aliphatic heterocycles. The summed E-state index contributed by atoms with van der Waals surface area (Å²) in [7, 11) is 4.37. The van der Waals surface area contributed by atoms with Crippen LogP contribution < -0.4 is 5.32 Å². The van der Waals surface area contributed by atoms with Crippen molar-refractivity contribution < 1.29 is 5.11 Å². The van der Waals surface area contributed by atoms with Crippen molar-refractivity contribution in [2.24, 2.45) is 5.92 Å². The van der Waals surface area contributed by atoms with E-state index in [1.54, 1.807) is 6.07 Å². The van der Waals surface area contributed by atoms with E-state index in [4.69, 9.17) is 0 Å². The Morgan fingerprint density at radius 2 is 2.19 bits per heavy atom. The molecule has 4 heteroatoms. The van der Waals surface area contributed by atoms with E-state index in [1.807, 2.05) is 13.0 Å². The summed E-state index contributed by atoms with van der Waals surface area (Å²) in [5.41, 5.74) is 1.92. The molecular formula is C17H29N3O. The summed E-state index contributed by atoms with van der Waals surface area (Å²) in [4.78, 5) is 6.79. The van der Waals surface area contributed by atoms with Crippen molar-refractivity contribution in [2.75, 3.05) is 20.6 Å². The Balaban J connectivity index is 1.98. The highest BCUT2D eigenvalue weighted by atomic mass is 16.3. The van der Waals surface area contributed by atoms with Crippen LogP contribution in [0.4, 0.5) is 0 Å². The minimum atomic E-state index is 0.233. The first-order valence-electron chi connectivity index (χ1n) is 7.96. The maximum atomic E-state index is 9.87. The van der Waals surface area contributed by atoms with Crippen LogP contribution in [-0.2, 0) is 6.54 Å². The summed E-state index contributed by atoms with van der Waals surface area (Å²) in [5.74, 6) is 1.07. The molecule has 1 saturated carbocycles. The van der Waals surface area contributed by atoms with E-state index >= 15 is 0 Å². The standard InChI is InChI=1S/C17H29N3O/c1-13-6-5-9-17(10-13,20(3)4)12-18-11-15-16(21)8-7-14(2)19-15/h7-8,13,18,21H,5-6,9-12H2,1-4H3. The Kier molecular flexibility index (Phi) is 5.22. The molecule has 2 N–H and O–H groups in total. The van der Waals surface area contributed by atoms with Gasteiger partial charge in [0.1, 0.15) is 5.75 Å². The molecule has 118 valence electrons. The van der Waals surface area contributed by atoms with Gasteiger partial charge in [-0.3, -0.25) is 4.98 Å². The van der Waals surface area contributed by atoms with E-state index < -0.39 is 0 Å². The summed E-state index contributed by atoms with van der Waals surface area (Å²) >= 11 is 0. The number of aromatic nitrogens is 1. The minimum Gasteiger partial charge on any atom is -0.506 e. The van der Waals surface area contributed by atoms with Gasteiger partial charge in [0.2, 0.25) is 0 Å². The van der Waals surface area contributed by atoms with E-state index in [1.165, 1.54) is 25.7 Å². The number of rotatable bonds is 5. The van der Waals surface area contributed by atoms with Crippen LogP contribution in [-0.4, -0.2) is 41.2 Å². The van der Waals surface area contributed by atoms with Crippen molar-refractivity contribution in [1.82, 2.24) is 15.2 Å². The fourth-order valence-corrected chi connectivity index (χ4v) is 3.50. The Hall–Kier alpha value is -1.13. The first kappa shape index (κ1) is 16.2. The predicted molar refractivity (Wildman–Crippen MR) is 86.4 cm³/mol. The van der Waals surface area contributed by atoms with Gasteiger partial charge in [0, 0.05) is 24.3 Å². The van der Waals surface area contributed by atoms with E-state index in [2.05, 4.69) is 36.2 Å². The molecule has 0 spiro atoms. The molecular weight excluding hydrogens is 262 g/mol. The van der Waals surface area contributed by atoms with Gasteiger partial charge in [-0.1, -0.05) is 19.8 Å². The average Bonchev–Trinajstić information content (AvgIpc) is 2.42. The third-order valence-electron chi connectivity index (χ3n) is 4.85. The van der Waals surface area contributed by atoms with Crippen molar-refractivity contribution >= 4 is 0 Å². The third kappa shape index (κ3) is 3.95. The minimum absolute atomic E-state index is 0.233. The maximum absolute atomic E-state index is 9.87. The zero-order valence-corrected chi connectivity index (χ0v) is 13.8. The topological polar surface area (TPSA) is 48.4 Å². The van der Waals surface area contributed by atoms with Crippen molar-refractivity contribution in [2.45, 2.75) is 51.6 Å². The first-order valence-corrected chi connectivity index (χ1v) is 7.96. The van der Waals surface area contributed by atoms with Gasteiger partial charge in [0.05, 0.1) is 5.69 Å². The lowest BCUT2D eigenvalue weighted by molar-refractivity contribution is 0.0748. The highest BCUT2D eigenvalue weighted by Crippen LogP contribution is 2.35. The molecule has 2 atom stereocenters. The molecule has 0 bridgehead atoms. The van der Waals surface area contributed by atoms with E-state index in [0.29, 0.717) is 6.54 Å². The number of likely N-dealkylation sites (N-methyl/N-ethyl adjacent to an activating group) is 1. The molecule has 0 aromatic carbocycles. The molecule has 1 aromatic heterocycles. The second-order valence-electron chi connectivity index (χ2n) is 6.84. The van der Waals surface area contributed by atoms with Gasteiger partial charge >= 0.3 is 0 Å². The first-order chi connectivity index (χ1) is 9.93. The van der Waals surface area contributed by atoms with Crippen LogP contribution in [0.15, 0.2) is 12.1 Å². The molecule has 2 rings (SSSR count). The molecule has 1 fully saturated rings. The van der Waals surface area contributed by atoms with Crippen LogP contribution in [0.3, 0.4) is 0 Å². The number of nitrogens with one attached hydrogen (secondary N) is 1. The Labute approximate surface area is 128 Å². The van der Waals surface area contributed by atoms with E-state index in [-0.39, 0.29) is 11.3 Å². The maximum Gasteiger partial charge on any atom is 0.138 e. The van der Waals surface area contributed by atoms with Crippen molar-refractivity contribution in [3.05, 3.63) is 23.5 Å². The van der Waals surface area contributed by atoms with Crippen LogP contribution in [0.25, 0.3) is 0 Å². The summed E-state index contributed by atoms with van der Waals surface area (Å²) in [5, 5.41) is 13.4. The van der Waals surface area contributed by atoms with Gasteiger partial charge in [-0.15, -0.1) is 0 Å². The summed E-state index contributed by atoms with van der Waals surface area (Å²) in [6.45, 7) is 5.87. The lowest BCUT2D eigenvalue weighted by Gasteiger charge is -2.45. The van der Waals surface area contributed by atoms with Crippen LogP contribution in [0.2, 0.25) is 0 Å². The zero-order chi connectivity index (χ0) is 15.5. The lowest BCUT2D eigenvalue weighted by atomic mass is 9.75. The van der Waals surface area contributed by atoms with Crippen LogP contribution in [0.5, 0.6) is 5.75 Å². The molecule has 2 unspecified atom stereocenters. The third-order valence-corrected chi connectivity index (χ3v) is 4.85. The highest BCUT2D eigenvalue weighted by Gasteiger charge is 2.36. The van der Waals surface area contributed by atoms with Crippen molar-refractivity contribution in [1.29, 1.82) is 0 Å². The molecule has 21 heavy (non-hydrogen) atoms. The van der Waals surface area contributed by atoms with Crippen molar-refractivity contribution in [3.63, 3.8) is 0 Å². The second kappa shape index (κ2) is 6.75. The summed E-state index contributed by atoms with van der Waals surface area (Å²) in [6, 6.07) is 3.56. The Morgan fingerprint density at radius 3 is 2.86 bits per heavy atom.